The molecule has 4 aromatic rings. The van der Waals surface area contributed by atoms with Gasteiger partial charge in [-0.05, 0) is 42.5 Å². The molecule has 0 saturated carbocycles. The average molecular weight is 562 g/mol. The molecule has 2 aromatic heterocycles. The van der Waals surface area contributed by atoms with Crippen molar-refractivity contribution in [1.82, 2.24) is 25.2 Å². The molecule has 7 nitrogen and oxygen atoms in total. The van der Waals surface area contributed by atoms with Gasteiger partial charge in [0.05, 0.1) is 22.0 Å². The van der Waals surface area contributed by atoms with E-state index in [0.29, 0.717) is 26.6 Å². The quantitative estimate of drug-likeness (QED) is 0.179. The summed E-state index contributed by atoms with van der Waals surface area (Å²) in [6.45, 7) is 0. The highest BCUT2D eigenvalue weighted by Gasteiger charge is 2.17. The fraction of sp³-hybridized carbons (Fsp3) is 0.0455. The lowest BCUT2D eigenvalue weighted by Crippen LogP contribution is -2.20. The number of hydrogen-bond acceptors (Lipinski definition) is 6. The zero-order valence-electron chi connectivity index (χ0n) is 16.8. The van der Waals surface area contributed by atoms with Gasteiger partial charge < -0.3 is 0 Å². The number of nitrogens with zero attached hydrogens (tertiary/aromatic N) is 5. The van der Waals surface area contributed by atoms with Gasteiger partial charge in [-0.1, -0.05) is 63.0 Å². The summed E-state index contributed by atoms with van der Waals surface area (Å²) < 4.78 is 2.85. The molecule has 2 aromatic carbocycles. The average Bonchev–Trinajstić information content (AvgIpc) is 3.25. The van der Waals surface area contributed by atoms with Crippen LogP contribution in [0.2, 0.25) is 10.0 Å². The van der Waals surface area contributed by atoms with Crippen molar-refractivity contribution in [1.29, 1.82) is 0 Å². The van der Waals surface area contributed by atoms with Crippen LogP contribution in [0.15, 0.2) is 81.7 Å². The number of thioether (sulfide) groups is 1. The van der Waals surface area contributed by atoms with Crippen molar-refractivity contribution in [2.45, 2.75) is 5.16 Å². The number of aromatic nitrogens is 4. The van der Waals surface area contributed by atoms with E-state index in [1.807, 2.05) is 41.0 Å². The highest BCUT2D eigenvalue weighted by molar-refractivity contribution is 9.10. The Kier molecular flexibility index (Phi) is 7.77. The number of carbonyl (C=O) groups excluding carboxylic acids is 1. The first-order chi connectivity index (χ1) is 16.0. The minimum Gasteiger partial charge on any atom is -0.272 e. The first-order valence-electron chi connectivity index (χ1n) is 9.53. The van der Waals surface area contributed by atoms with E-state index in [0.717, 1.165) is 15.7 Å². The largest absolute Gasteiger partial charge is 0.272 e. The molecular formula is C22H15BrCl2N6OS. The van der Waals surface area contributed by atoms with Crippen LogP contribution in [-0.4, -0.2) is 37.6 Å². The molecule has 11 heteroatoms. The number of pyridine rings is 1. The molecule has 0 aliphatic carbocycles. The Balaban J connectivity index is 1.50. The van der Waals surface area contributed by atoms with Crippen molar-refractivity contribution in [3.63, 3.8) is 0 Å². The third kappa shape index (κ3) is 5.80. The van der Waals surface area contributed by atoms with Crippen LogP contribution in [-0.2, 0) is 4.79 Å². The monoisotopic (exact) mass is 560 g/mol. The van der Waals surface area contributed by atoms with Gasteiger partial charge in [-0.25, -0.2) is 5.43 Å². The van der Waals surface area contributed by atoms with Gasteiger partial charge in [-0.15, -0.1) is 10.2 Å². The number of hydrazone groups is 1. The lowest BCUT2D eigenvalue weighted by Gasteiger charge is -2.10. The molecule has 0 unspecified atom stereocenters. The Morgan fingerprint density at radius 3 is 2.61 bits per heavy atom. The number of benzene rings is 2. The number of nitrogens with one attached hydrogen (secondary N) is 1. The number of amides is 1. The van der Waals surface area contributed by atoms with Gasteiger partial charge in [0.2, 0.25) is 0 Å². The van der Waals surface area contributed by atoms with Crippen molar-refractivity contribution < 1.29 is 4.79 Å². The van der Waals surface area contributed by atoms with Crippen molar-refractivity contribution >= 4 is 63.0 Å². The predicted molar refractivity (Wildman–Crippen MR) is 135 cm³/mol. The van der Waals surface area contributed by atoms with E-state index in [2.05, 4.69) is 41.6 Å². The van der Waals surface area contributed by atoms with E-state index in [1.165, 1.54) is 18.0 Å². The fourth-order valence-electron chi connectivity index (χ4n) is 2.83. The third-order valence-electron chi connectivity index (χ3n) is 4.36. The zero-order valence-corrected chi connectivity index (χ0v) is 20.7. The summed E-state index contributed by atoms with van der Waals surface area (Å²) in [5, 5.41) is 14.0. The maximum Gasteiger partial charge on any atom is 0.250 e. The normalized spacial score (nSPS) is 11.1. The molecule has 33 heavy (non-hydrogen) atoms. The maximum atomic E-state index is 12.4. The second-order valence-electron chi connectivity index (χ2n) is 6.58. The van der Waals surface area contributed by atoms with Crippen LogP contribution in [0.25, 0.3) is 17.1 Å². The van der Waals surface area contributed by atoms with E-state index in [-0.39, 0.29) is 11.7 Å². The van der Waals surface area contributed by atoms with Crippen LogP contribution < -0.4 is 5.43 Å². The Morgan fingerprint density at radius 2 is 1.85 bits per heavy atom. The molecule has 0 fully saturated rings. The Hall–Kier alpha value is -2.72. The second-order valence-corrected chi connectivity index (χ2v) is 9.22. The summed E-state index contributed by atoms with van der Waals surface area (Å²) in [5.41, 5.74) is 4.82. The Bertz CT molecular complexity index is 1300. The highest BCUT2D eigenvalue weighted by atomic mass is 79.9. The van der Waals surface area contributed by atoms with Gasteiger partial charge in [0, 0.05) is 33.7 Å². The van der Waals surface area contributed by atoms with Crippen LogP contribution in [0.3, 0.4) is 0 Å². The second kappa shape index (κ2) is 10.9. The maximum absolute atomic E-state index is 12.4. The van der Waals surface area contributed by atoms with Crippen LogP contribution in [0.5, 0.6) is 0 Å². The molecule has 0 aliphatic rings. The molecule has 0 aliphatic heterocycles. The van der Waals surface area contributed by atoms with E-state index >= 15 is 0 Å². The molecule has 0 atom stereocenters. The Labute approximate surface area is 212 Å². The van der Waals surface area contributed by atoms with Crippen LogP contribution >= 0.6 is 50.9 Å². The van der Waals surface area contributed by atoms with Crippen LogP contribution in [0.4, 0.5) is 0 Å². The molecule has 166 valence electrons. The summed E-state index contributed by atoms with van der Waals surface area (Å²) in [4.78, 5) is 16.4. The van der Waals surface area contributed by atoms with Gasteiger partial charge in [0.25, 0.3) is 5.91 Å². The van der Waals surface area contributed by atoms with Gasteiger partial charge in [-0.2, -0.15) is 5.10 Å². The molecular weight excluding hydrogens is 547 g/mol. The minimum atomic E-state index is -0.301. The molecule has 1 N–H and O–H groups in total. The molecule has 0 spiro atoms. The van der Waals surface area contributed by atoms with Gasteiger partial charge >= 0.3 is 0 Å². The number of rotatable bonds is 7. The summed E-state index contributed by atoms with van der Waals surface area (Å²) >= 11 is 16.8. The van der Waals surface area contributed by atoms with Crippen LogP contribution in [0.1, 0.15) is 5.56 Å². The van der Waals surface area contributed by atoms with Gasteiger partial charge in [0.15, 0.2) is 11.0 Å². The lowest BCUT2D eigenvalue weighted by atomic mass is 10.2. The summed E-state index contributed by atoms with van der Waals surface area (Å²) in [7, 11) is 0. The van der Waals surface area contributed by atoms with E-state index in [9.17, 15) is 4.79 Å². The topological polar surface area (TPSA) is 85.1 Å². The fourth-order valence-corrected chi connectivity index (χ4v) is 4.20. The van der Waals surface area contributed by atoms with E-state index < -0.39 is 0 Å². The predicted octanol–water partition coefficient (Wildman–Crippen LogP) is 5.64. The first-order valence-corrected chi connectivity index (χ1v) is 12.1. The summed E-state index contributed by atoms with van der Waals surface area (Å²) in [5.74, 6) is 0.437. The summed E-state index contributed by atoms with van der Waals surface area (Å²) in [6.07, 6.45) is 4.84. The standard InChI is InChI=1S/C22H15BrCl2N6OS/c23-16-4-6-17(7-5-16)31-21(14-8-10-26-11-9-14)29-30-22(31)33-13-19(32)28-27-12-15-2-1-3-18(24)20(15)25/h1-12H,13H2,(H,28,32)/b27-12-. The van der Waals surface area contributed by atoms with Crippen molar-refractivity contribution in [3.05, 3.63) is 87.1 Å². The Morgan fingerprint density at radius 1 is 1.09 bits per heavy atom. The molecule has 0 radical (unpaired) electrons. The van der Waals surface area contributed by atoms with Gasteiger partial charge in [-0.3, -0.25) is 14.3 Å². The molecule has 4 rings (SSSR count). The SMILES string of the molecule is O=C(CSc1nnc(-c2ccncc2)n1-c1ccc(Br)cc1)N/N=C\c1cccc(Cl)c1Cl. The van der Waals surface area contributed by atoms with Crippen molar-refractivity contribution in [2.75, 3.05) is 5.75 Å². The minimum absolute atomic E-state index is 0.0889. The van der Waals surface area contributed by atoms with Gasteiger partial charge in [0.1, 0.15) is 0 Å². The molecule has 0 saturated heterocycles. The van der Waals surface area contributed by atoms with E-state index in [1.54, 1.807) is 30.6 Å². The van der Waals surface area contributed by atoms with Crippen molar-refractivity contribution in [2.24, 2.45) is 5.10 Å². The molecule has 0 bridgehead atoms. The first kappa shape index (κ1) is 23.4. The molecule has 1 amide bonds. The molecule has 2 heterocycles. The van der Waals surface area contributed by atoms with E-state index in [4.69, 9.17) is 23.2 Å². The smallest absolute Gasteiger partial charge is 0.250 e. The third-order valence-corrected chi connectivity index (χ3v) is 6.65. The zero-order chi connectivity index (χ0) is 23.2. The highest BCUT2D eigenvalue weighted by Crippen LogP contribution is 2.28. The number of carbonyl (C=O) groups is 1. The van der Waals surface area contributed by atoms with Crippen molar-refractivity contribution in [3.8, 4) is 17.1 Å². The number of halogens is 3. The number of hydrogen-bond donors (Lipinski definition) is 1. The summed E-state index contributed by atoms with van der Waals surface area (Å²) in [6, 6.07) is 16.7. The van der Waals surface area contributed by atoms with Crippen LogP contribution in [0, 0.1) is 0 Å². The lowest BCUT2D eigenvalue weighted by molar-refractivity contribution is -0.118.